The summed E-state index contributed by atoms with van der Waals surface area (Å²) in [6, 6.07) is 14.9. The van der Waals surface area contributed by atoms with Crippen molar-refractivity contribution in [1.82, 2.24) is 10.2 Å². The number of ether oxygens (including phenoxy) is 3. The lowest BCUT2D eigenvalue weighted by molar-refractivity contribution is -0.114. The van der Waals surface area contributed by atoms with Crippen molar-refractivity contribution >= 4 is 11.6 Å². The first-order valence-corrected chi connectivity index (χ1v) is 10.3. The van der Waals surface area contributed by atoms with Crippen molar-refractivity contribution in [3.8, 4) is 34.7 Å². The summed E-state index contributed by atoms with van der Waals surface area (Å²) in [5.74, 6) is 0.811. The molecule has 1 aliphatic heterocycles. The van der Waals surface area contributed by atoms with Crippen LogP contribution in [0.3, 0.4) is 0 Å². The highest BCUT2D eigenvalue weighted by Gasteiger charge is 2.35. The fraction of sp³-hybridized carbons (Fsp3) is 0.208. The number of benzene rings is 2. The smallest absolute Gasteiger partial charge is 0.244 e. The van der Waals surface area contributed by atoms with E-state index in [-0.39, 0.29) is 17.4 Å². The second-order valence-corrected chi connectivity index (χ2v) is 7.34. The number of nitrogens with one attached hydrogen (secondary N) is 2. The van der Waals surface area contributed by atoms with Gasteiger partial charge in [0.2, 0.25) is 17.7 Å². The number of fused-ring (bicyclic) bond motifs is 1. The minimum atomic E-state index is -0.517. The van der Waals surface area contributed by atoms with Gasteiger partial charge in [0.05, 0.1) is 30.9 Å². The van der Waals surface area contributed by atoms with Gasteiger partial charge in [-0.05, 0) is 42.8 Å². The van der Waals surface area contributed by atoms with E-state index >= 15 is 0 Å². The number of nitrogens with zero attached hydrogens (tertiary/aromatic N) is 2. The van der Waals surface area contributed by atoms with Crippen LogP contribution in [-0.2, 0) is 4.79 Å². The Morgan fingerprint density at radius 2 is 2.03 bits per heavy atom. The Morgan fingerprint density at radius 3 is 2.67 bits per heavy atom. The number of anilines is 1. The average molecular weight is 445 g/mol. The molecule has 4 rings (SSSR count). The lowest BCUT2D eigenvalue weighted by Crippen LogP contribution is -2.21. The SMILES string of the molecule is CCOc1ccc(-c2[nH]nc3c2C(c2ccc(NC(C)=O)cc2)C(C#N)=C(N)O3)cc1OC. The Balaban J connectivity index is 1.83. The molecule has 1 atom stereocenters. The third-order valence-corrected chi connectivity index (χ3v) is 5.26. The molecule has 2 heterocycles. The monoisotopic (exact) mass is 445 g/mol. The molecular formula is C24H23N5O4. The fourth-order valence-electron chi connectivity index (χ4n) is 3.86. The standard InChI is InChI=1S/C24H23N5O4/c1-4-32-18-10-7-15(11-19(18)31-3)22-21-20(14-5-8-16(9-6-14)27-13(2)30)17(12-25)23(26)33-24(21)29-28-22/h5-11,20H,4,26H2,1-3H3,(H,27,30)(H,28,29). The van der Waals surface area contributed by atoms with E-state index in [1.54, 1.807) is 19.2 Å². The number of methoxy groups -OCH3 is 1. The highest BCUT2D eigenvalue weighted by atomic mass is 16.5. The summed E-state index contributed by atoms with van der Waals surface area (Å²) in [5, 5.41) is 19.9. The second kappa shape index (κ2) is 8.96. The maximum absolute atomic E-state index is 11.4. The number of H-pyrrole nitrogens is 1. The number of amides is 1. The quantitative estimate of drug-likeness (QED) is 0.527. The average Bonchev–Trinajstić information content (AvgIpc) is 3.22. The number of nitriles is 1. The largest absolute Gasteiger partial charge is 0.493 e. The molecule has 0 bridgehead atoms. The van der Waals surface area contributed by atoms with E-state index in [9.17, 15) is 10.1 Å². The first-order valence-electron chi connectivity index (χ1n) is 10.3. The van der Waals surface area contributed by atoms with Crippen LogP contribution >= 0.6 is 0 Å². The number of allylic oxidation sites excluding steroid dienone is 1. The maximum Gasteiger partial charge on any atom is 0.244 e. The zero-order valence-corrected chi connectivity index (χ0v) is 18.4. The molecule has 1 amide bonds. The third-order valence-electron chi connectivity index (χ3n) is 5.26. The summed E-state index contributed by atoms with van der Waals surface area (Å²) < 4.78 is 16.8. The summed E-state index contributed by atoms with van der Waals surface area (Å²) in [7, 11) is 1.57. The van der Waals surface area contributed by atoms with Gasteiger partial charge in [0.1, 0.15) is 11.6 Å². The predicted molar refractivity (Wildman–Crippen MR) is 122 cm³/mol. The van der Waals surface area contributed by atoms with Crippen molar-refractivity contribution in [2.24, 2.45) is 5.73 Å². The van der Waals surface area contributed by atoms with Gasteiger partial charge in [-0.25, -0.2) is 0 Å². The van der Waals surface area contributed by atoms with Crippen molar-refractivity contribution in [2.45, 2.75) is 19.8 Å². The number of nitrogens with two attached hydrogens (primary N) is 1. The number of carbonyl (C=O) groups is 1. The topological polar surface area (TPSA) is 135 Å². The number of aromatic amines is 1. The van der Waals surface area contributed by atoms with E-state index in [4.69, 9.17) is 19.9 Å². The molecule has 3 aromatic rings. The molecule has 1 aliphatic rings. The van der Waals surface area contributed by atoms with Crippen molar-refractivity contribution < 1.29 is 19.0 Å². The number of aromatic nitrogens is 2. The fourth-order valence-corrected chi connectivity index (χ4v) is 3.86. The van der Waals surface area contributed by atoms with Gasteiger partial charge in [-0.3, -0.25) is 9.89 Å². The van der Waals surface area contributed by atoms with E-state index in [1.165, 1.54) is 6.92 Å². The molecule has 0 saturated carbocycles. The number of rotatable bonds is 6. The van der Waals surface area contributed by atoms with E-state index in [2.05, 4.69) is 21.6 Å². The van der Waals surface area contributed by atoms with Gasteiger partial charge in [0, 0.05) is 18.2 Å². The van der Waals surface area contributed by atoms with Crippen LogP contribution in [0.1, 0.15) is 30.9 Å². The molecule has 1 aromatic heterocycles. The summed E-state index contributed by atoms with van der Waals surface area (Å²) in [5.41, 5.74) is 9.92. The summed E-state index contributed by atoms with van der Waals surface area (Å²) >= 11 is 0. The van der Waals surface area contributed by atoms with Gasteiger partial charge in [0.25, 0.3) is 0 Å². The van der Waals surface area contributed by atoms with Crippen LogP contribution in [0.15, 0.2) is 53.9 Å². The molecule has 0 fully saturated rings. The predicted octanol–water partition coefficient (Wildman–Crippen LogP) is 3.66. The van der Waals surface area contributed by atoms with Gasteiger partial charge in [0.15, 0.2) is 11.5 Å². The van der Waals surface area contributed by atoms with Crippen LogP contribution in [0.5, 0.6) is 17.4 Å². The zero-order chi connectivity index (χ0) is 23.5. The van der Waals surface area contributed by atoms with E-state index in [0.29, 0.717) is 40.9 Å². The maximum atomic E-state index is 11.4. The van der Waals surface area contributed by atoms with E-state index in [0.717, 1.165) is 11.1 Å². The molecule has 9 heteroatoms. The molecule has 1 unspecified atom stereocenters. The molecule has 33 heavy (non-hydrogen) atoms. The first kappa shape index (κ1) is 21.8. The molecule has 2 aromatic carbocycles. The molecule has 0 aliphatic carbocycles. The number of hydrogen-bond acceptors (Lipinski definition) is 7. The highest BCUT2D eigenvalue weighted by Crippen LogP contribution is 2.46. The van der Waals surface area contributed by atoms with Crippen molar-refractivity contribution in [3.63, 3.8) is 0 Å². The first-order chi connectivity index (χ1) is 16.0. The van der Waals surface area contributed by atoms with Crippen molar-refractivity contribution in [1.29, 1.82) is 5.26 Å². The lowest BCUT2D eigenvalue weighted by atomic mass is 9.83. The van der Waals surface area contributed by atoms with Crippen LogP contribution in [0.2, 0.25) is 0 Å². The van der Waals surface area contributed by atoms with Crippen molar-refractivity contribution in [2.75, 3.05) is 19.0 Å². The van der Waals surface area contributed by atoms with E-state index in [1.807, 2.05) is 37.3 Å². The van der Waals surface area contributed by atoms with Gasteiger partial charge in [-0.1, -0.05) is 12.1 Å². The van der Waals surface area contributed by atoms with Gasteiger partial charge < -0.3 is 25.3 Å². The molecule has 0 radical (unpaired) electrons. The minimum absolute atomic E-state index is 0.00302. The minimum Gasteiger partial charge on any atom is -0.493 e. The Morgan fingerprint density at radius 1 is 1.27 bits per heavy atom. The van der Waals surface area contributed by atoms with Gasteiger partial charge >= 0.3 is 0 Å². The normalized spacial score (nSPS) is 14.7. The number of hydrogen-bond donors (Lipinski definition) is 3. The third kappa shape index (κ3) is 4.06. The van der Waals surface area contributed by atoms with Gasteiger partial charge in [-0.15, -0.1) is 5.10 Å². The van der Waals surface area contributed by atoms with Crippen LogP contribution in [-0.4, -0.2) is 29.8 Å². The molecule has 168 valence electrons. The molecular weight excluding hydrogens is 422 g/mol. The summed E-state index contributed by atoms with van der Waals surface area (Å²) in [6.45, 7) is 3.85. The molecule has 4 N–H and O–H groups in total. The lowest BCUT2D eigenvalue weighted by Gasteiger charge is -2.24. The Bertz CT molecular complexity index is 1270. The Hall–Kier alpha value is -4.45. The Labute approximate surface area is 190 Å². The van der Waals surface area contributed by atoms with Crippen LogP contribution in [0.4, 0.5) is 5.69 Å². The summed E-state index contributed by atoms with van der Waals surface area (Å²) in [4.78, 5) is 11.4. The Kier molecular flexibility index (Phi) is 5.91. The van der Waals surface area contributed by atoms with E-state index < -0.39 is 5.92 Å². The van der Waals surface area contributed by atoms with Crippen LogP contribution < -0.4 is 25.3 Å². The zero-order valence-electron chi connectivity index (χ0n) is 18.4. The second-order valence-electron chi connectivity index (χ2n) is 7.34. The molecule has 0 spiro atoms. The van der Waals surface area contributed by atoms with Crippen LogP contribution in [0, 0.1) is 11.3 Å². The number of carbonyl (C=O) groups excluding carboxylic acids is 1. The highest BCUT2D eigenvalue weighted by molar-refractivity contribution is 5.88. The molecule has 9 nitrogen and oxygen atoms in total. The van der Waals surface area contributed by atoms with Crippen LogP contribution in [0.25, 0.3) is 11.3 Å². The van der Waals surface area contributed by atoms with Gasteiger partial charge in [-0.2, -0.15) is 5.26 Å². The van der Waals surface area contributed by atoms with Crippen molar-refractivity contribution in [3.05, 3.63) is 65.0 Å². The molecule has 0 saturated heterocycles. The summed E-state index contributed by atoms with van der Waals surface area (Å²) in [6.07, 6.45) is 0.